The van der Waals surface area contributed by atoms with Crippen molar-refractivity contribution in [2.45, 2.75) is 51.5 Å². The topological polar surface area (TPSA) is 192 Å². The van der Waals surface area contributed by atoms with Crippen LogP contribution in [0.25, 0.3) is 0 Å². The molecule has 51 heavy (non-hydrogen) atoms. The Labute approximate surface area is 299 Å². The van der Waals surface area contributed by atoms with E-state index in [9.17, 15) is 9.59 Å². The maximum atomic E-state index is 13.0. The highest BCUT2D eigenvalue weighted by Gasteiger charge is 2.15. The van der Waals surface area contributed by atoms with Crippen LogP contribution in [0.15, 0.2) is 67.1 Å². The van der Waals surface area contributed by atoms with E-state index in [0.29, 0.717) is 69.6 Å². The van der Waals surface area contributed by atoms with Crippen LogP contribution in [0.1, 0.15) is 73.1 Å². The molecule has 1 amide bonds. The van der Waals surface area contributed by atoms with Crippen LogP contribution in [0, 0.1) is 10.8 Å². The number of anilines is 1. The van der Waals surface area contributed by atoms with Crippen LogP contribution in [-0.2, 0) is 19.0 Å². The maximum absolute atomic E-state index is 13.0. The summed E-state index contributed by atoms with van der Waals surface area (Å²) in [4.78, 5) is 32.8. The van der Waals surface area contributed by atoms with Gasteiger partial charge in [0.05, 0.1) is 45.6 Å². The molecule has 0 radical (unpaired) electrons. The normalized spacial score (nSPS) is 11.4. The molecule has 0 aliphatic rings. The minimum absolute atomic E-state index is 0.0904. The number of benzene rings is 2. The number of hydrogen-bond donors (Lipinski definition) is 5. The molecule has 0 saturated heterocycles. The van der Waals surface area contributed by atoms with Crippen LogP contribution in [0.3, 0.4) is 0 Å². The van der Waals surface area contributed by atoms with Gasteiger partial charge in [-0.15, -0.1) is 0 Å². The molecule has 0 fully saturated rings. The number of carboxylic acids is 1. The summed E-state index contributed by atoms with van der Waals surface area (Å²) in [6.45, 7) is 5.81. The standard InChI is InChI=1S/C37H51N7O7/c1-28(43-37(47)30-9-7-10-31(25-30)41-26-34(38)44(2)36(39)33-16-17-40-27-42-33)29-12-14-32(15-13-29)51-20-6-4-3-5-18-48-21-23-50-24-22-49-19-8-11-35(45)46/h7,9-10,12-17,25,27-28,38-39,41H,3-6,8,11,18-24,26H2,1-2H3,(H,43,47)(H,45,46)/t28-/m1/s1. The van der Waals surface area contributed by atoms with Gasteiger partial charge in [0.25, 0.3) is 5.91 Å². The third-order valence-corrected chi connectivity index (χ3v) is 7.75. The number of carboxylic acid groups (broad SMARTS) is 1. The molecule has 1 atom stereocenters. The van der Waals surface area contributed by atoms with Gasteiger partial charge < -0.3 is 39.6 Å². The van der Waals surface area contributed by atoms with Crippen LogP contribution in [0.5, 0.6) is 5.75 Å². The number of rotatable bonds is 25. The molecule has 1 heterocycles. The Kier molecular flexibility index (Phi) is 18.6. The first-order valence-electron chi connectivity index (χ1n) is 17.2. The Morgan fingerprint density at radius 2 is 1.53 bits per heavy atom. The van der Waals surface area contributed by atoms with Crippen molar-refractivity contribution in [3.05, 3.63) is 83.9 Å². The summed E-state index contributed by atoms with van der Waals surface area (Å²) >= 11 is 0. The van der Waals surface area contributed by atoms with Crippen molar-refractivity contribution in [2.75, 3.05) is 65.2 Å². The largest absolute Gasteiger partial charge is 0.494 e. The summed E-state index contributed by atoms with van der Waals surface area (Å²) in [6, 6.07) is 16.2. The smallest absolute Gasteiger partial charge is 0.303 e. The molecule has 276 valence electrons. The van der Waals surface area contributed by atoms with Crippen molar-refractivity contribution in [3.63, 3.8) is 0 Å². The van der Waals surface area contributed by atoms with Crippen molar-refractivity contribution >= 4 is 29.2 Å². The Morgan fingerprint density at radius 1 is 0.863 bits per heavy atom. The minimum Gasteiger partial charge on any atom is -0.494 e. The van der Waals surface area contributed by atoms with Gasteiger partial charge in [0, 0.05) is 44.1 Å². The van der Waals surface area contributed by atoms with Crippen LogP contribution in [-0.4, -0.2) is 103 Å². The zero-order chi connectivity index (χ0) is 36.7. The van der Waals surface area contributed by atoms with Crippen molar-refractivity contribution in [1.82, 2.24) is 20.2 Å². The van der Waals surface area contributed by atoms with E-state index >= 15 is 0 Å². The highest BCUT2D eigenvalue weighted by Crippen LogP contribution is 2.19. The molecule has 3 rings (SSSR count). The SMILES string of the molecule is C[C@@H](NC(=O)c1cccc(NCC(=N)N(C)C(=N)c2ccncn2)c1)c1ccc(OCCCCCCOCCOCCOCCCC(=O)O)cc1. The highest BCUT2D eigenvalue weighted by atomic mass is 16.5. The van der Waals surface area contributed by atoms with Crippen LogP contribution < -0.4 is 15.4 Å². The number of nitrogens with zero attached hydrogens (tertiary/aromatic N) is 3. The number of amidine groups is 2. The molecule has 0 spiro atoms. The molecule has 0 unspecified atom stereocenters. The third-order valence-electron chi connectivity index (χ3n) is 7.75. The molecular formula is C37H51N7O7. The monoisotopic (exact) mass is 705 g/mol. The molecule has 0 aliphatic heterocycles. The van der Waals surface area contributed by atoms with Gasteiger partial charge in [-0.3, -0.25) is 20.4 Å². The van der Waals surface area contributed by atoms with Crippen molar-refractivity contribution in [1.29, 1.82) is 10.8 Å². The van der Waals surface area contributed by atoms with Crippen LogP contribution in [0.4, 0.5) is 5.69 Å². The molecule has 0 bridgehead atoms. The van der Waals surface area contributed by atoms with E-state index in [2.05, 4.69) is 20.6 Å². The van der Waals surface area contributed by atoms with Crippen molar-refractivity contribution in [3.8, 4) is 5.75 Å². The third kappa shape index (κ3) is 16.1. The van der Waals surface area contributed by atoms with Gasteiger partial charge in [0.1, 0.15) is 23.6 Å². The molecule has 1 aromatic heterocycles. The van der Waals surface area contributed by atoms with Crippen LogP contribution in [0.2, 0.25) is 0 Å². The van der Waals surface area contributed by atoms with Crippen molar-refractivity contribution in [2.24, 2.45) is 0 Å². The van der Waals surface area contributed by atoms with Gasteiger partial charge >= 0.3 is 5.97 Å². The first-order chi connectivity index (χ1) is 24.7. The summed E-state index contributed by atoms with van der Waals surface area (Å²) in [7, 11) is 1.64. The van der Waals surface area contributed by atoms with Gasteiger partial charge in [-0.25, -0.2) is 9.97 Å². The van der Waals surface area contributed by atoms with Gasteiger partial charge in [0.2, 0.25) is 0 Å². The van der Waals surface area contributed by atoms with E-state index < -0.39 is 5.97 Å². The second-order valence-corrected chi connectivity index (χ2v) is 11.7. The number of likely N-dealkylation sites (N-methyl/N-ethyl adjacent to an activating group) is 1. The fourth-order valence-corrected chi connectivity index (χ4v) is 4.75. The Bertz CT molecular complexity index is 1490. The number of amides is 1. The first-order valence-corrected chi connectivity index (χ1v) is 17.2. The molecule has 3 aromatic rings. The predicted octanol–water partition coefficient (Wildman–Crippen LogP) is 5.17. The number of unbranched alkanes of at least 4 members (excludes halogenated alkanes) is 3. The van der Waals surface area contributed by atoms with Gasteiger partial charge in [-0.05, 0) is 74.6 Å². The number of nitrogens with one attached hydrogen (secondary N) is 4. The number of ether oxygens (including phenoxy) is 4. The Balaban J connectivity index is 1.25. The second-order valence-electron chi connectivity index (χ2n) is 11.7. The minimum atomic E-state index is -0.810. The lowest BCUT2D eigenvalue weighted by atomic mass is 10.1. The number of hydrogen-bond acceptors (Lipinski definition) is 11. The van der Waals surface area contributed by atoms with E-state index in [-0.39, 0.29) is 36.6 Å². The van der Waals surface area contributed by atoms with Crippen LogP contribution >= 0.6 is 0 Å². The second kappa shape index (κ2) is 23.5. The van der Waals surface area contributed by atoms with Gasteiger partial charge in [0.15, 0.2) is 5.84 Å². The Hall–Kier alpha value is -4.92. The lowest BCUT2D eigenvalue weighted by Crippen LogP contribution is -2.37. The predicted molar refractivity (Wildman–Crippen MR) is 195 cm³/mol. The number of aliphatic carboxylic acids is 1. The zero-order valence-electron chi connectivity index (χ0n) is 29.6. The lowest BCUT2D eigenvalue weighted by molar-refractivity contribution is -0.137. The van der Waals surface area contributed by atoms with Crippen molar-refractivity contribution < 1.29 is 33.6 Å². The molecule has 14 nitrogen and oxygen atoms in total. The van der Waals surface area contributed by atoms with E-state index in [1.807, 2.05) is 37.3 Å². The summed E-state index contributed by atoms with van der Waals surface area (Å²) in [5.41, 5.74) is 2.56. The number of aromatic nitrogens is 2. The summed E-state index contributed by atoms with van der Waals surface area (Å²) < 4.78 is 22.3. The molecule has 0 saturated carbocycles. The lowest BCUT2D eigenvalue weighted by Gasteiger charge is -2.21. The molecule has 0 aliphatic carbocycles. The summed E-state index contributed by atoms with van der Waals surface area (Å²) in [5.74, 6) is 0.0235. The first kappa shape index (κ1) is 40.5. The fraction of sp³-hybridized carbons (Fsp3) is 0.459. The fourth-order valence-electron chi connectivity index (χ4n) is 4.75. The van der Waals surface area contributed by atoms with E-state index in [1.165, 1.54) is 11.2 Å². The summed E-state index contributed by atoms with van der Waals surface area (Å²) in [5, 5.41) is 31.4. The summed E-state index contributed by atoms with van der Waals surface area (Å²) in [6.07, 6.45) is 7.57. The number of carbonyl (C=O) groups excluding carboxylic acids is 1. The van der Waals surface area contributed by atoms with Gasteiger partial charge in [-0.2, -0.15) is 0 Å². The number of carbonyl (C=O) groups is 2. The molecule has 14 heteroatoms. The quantitative estimate of drug-likeness (QED) is 0.0444. The van der Waals surface area contributed by atoms with E-state index in [1.54, 1.807) is 37.5 Å². The molecule has 5 N–H and O–H groups in total. The average Bonchev–Trinajstić information content (AvgIpc) is 3.15. The highest BCUT2D eigenvalue weighted by molar-refractivity contribution is 6.06. The maximum Gasteiger partial charge on any atom is 0.303 e. The Morgan fingerprint density at radius 3 is 2.20 bits per heavy atom. The molecular weight excluding hydrogens is 654 g/mol. The van der Waals surface area contributed by atoms with E-state index in [0.717, 1.165) is 37.0 Å². The zero-order valence-corrected chi connectivity index (χ0v) is 29.6. The molecule has 2 aromatic carbocycles. The van der Waals surface area contributed by atoms with E-state index in [4.69, 9.17) is 34.9 Å². The average molecular weight is 706 g/mol. The van der Waals surface area contributed by atoms with Gasteiger partial charge in [-0.1, -0.05) is 24.6 Å².